The van der Waals surface area contributed by atoms with E-state index in [0.29, 0.717) is 62.3 Å². The van der Waals surface area contributed by atoms with Crippen LogP contribution in [0.1, 0.15) is 118 Å². The minimum atomic E-state index is -0.933. The Morgan fingerprint density at radius 1 is 1.01 bits per heavy atom. The van der Waals surface area contributed by atoms with Crippen molar-refractivity contribution in [2.75, 3.05) is 37.6 Å². The summed E-state index contributed by atoms with van der Waals surface area (Å²) in [4.78, 5) is 86.7. The highest BCUT2D eigenvalue weighted by molar-refractivity contribution is 7.13. The quantitative estimate of drug-likeness (QED) is 0.0691. The van der Waals surface area contributed by atoms with Crippen molar-refractivity contribution < 1.29 is 29.1 Å². The Morgan fingerprint density at radius 2 is 1.74 bits per heavy atom. The van der Waals surface area contributed by atoms with Crippen LogP contribution in [0.25, 0.3) is 26.2 Å². The number of ketones is 1. The summed E-state index contributed by atoms with van der Waals surface area (Å²) in [7, 11) is 0. The summed E-state index contributed by atoms with van der Waals surface area (Å²) in [6.07, 6.45) is 1.38. The van der Waals surface area contributed by atoms with E-state index < -0.39 is 34.9 Å². The van der Waals surface area contributed by atoms with Crippen LogP contribution < -0.4 is 15.5 Å². The van der Waals surface area contributed by atoms with Gasteiger partial charge in [-0.15, -0.1) is 11.3 Å². The highest BCUT2D eigenvalue weighted by atomic mass is 32.1. The largest absolute Gasteiger partial charge is 0.391 e. The molecule has 4 heterocycles. The number of rotatable bonds is 13. The Morgan fingerprint density at radius 3 is 2.40 bits per heavy atom. The highest BCUT2D eigenvalue weighted by Crippen LogP contribution is 2.46. The normalized spacial score (nSPS) is 18.2. The fraction of sp³-hybridized carbons (Fsp3) is 0.453. The number of β-amino-alcohol motifs (C(OH)–C–C–N with tert-alkyl or cyclic N) is 1. The van der Waals surface area contributed by atoms with Crippen molar-refractivity contribution in [1.82, 2.24) is 30.4 Å². The molecule has 0 radical (unpaired) electrons. The molecule has 14 nitrogen and oxygen atoms in total. The lowest BCUT2D eigenvalue weighted by atomic mass is 9.70. The van der Waals surface area contributed by atoms with Crippen molar-refractivity contribution in [3.05, 3.63) is 111 Å². The SMILES string of the molecule is [C-]#[N+]c1ccc2c3c([nH]c2c1)C(C)(C)c1cc(N2CCN(C(=O)CCCCC(=O)N[C@H](C(=O)N4C[C@H](O)C[C@H]4C(=O)NCc4ccc(-c5scnc5C)cc4)C(C)(C)C)CC2)c(CC)cc1C3=O. The van der Waals surface area contributed by atoms with Gasteiger partial charge in [-0.1, -0.05) is 77.9 Å². The molecule has 356 valence electrons. The highest BCUT2D eigenvalue weighted by Gasteiger charge is 2.45. The number of hydrogen-bond donors (Lipinski definition) is 4. The van der Waals surface area contributed by atoms with Crippen LogP contribution in [0.15, 0.2) is 60.1 Å². The minimum Gasteiger partial charge on any atom is -0.391 e. The Kier molecular flexibility index (Phi) is 13.7. The Labute approximate surface area is 402 Å². The first-order chi connectivity index (χ1) is 32.4. The number of aliphatic hydroxyl groups excluding tert-OH is 1. The number of carbonyl (C=O) groups is 5. The van der Waals surface area contributed by atoms with Crippen molar-refractivity contribution in [2.45, 2.75) is 117 Å². The molecule has 0 unspecified atom stereocenters. The number of unbranched alkanes of at least 4 members (excludes halogenated alkanes) is 1. The van der Waals surface area contributed by atoms with Gasteiger partial charge < -0.3 is 35.4 Å². The number of H-pyrrole nitrogens is 1. The van der Waals surface area contributed by atoms with Gasteiger partial charge in [-0.2, -0.15) is 0 Å². The maximum atomic E-state index is 14.1. The van der Waals surface area contributed by atoms with E-state index in [1.807, 2.05) is 68.4 Å². The number of fused-ring (bicyclic) bond motifs is 4. The number of thiazole rings is 1. The number of amides is 4. The van der Waals surface area contributed by atoms with Gasteiger partial charge in [-0.25, -0.2) is 9.83 Å². The van der Waals surface area contributed by atoms with Crippen molar-refractivity contribution in [2.24, 2.45) is 5.41 Å². The number of benzene rings is 3. The molecule has 2 saturated heterocycles. The minimum absolute atomic E-state index is 0.00951. The van der Waals surface area contributed by atoms with Crippen LogP contribution in [0.4, 0.5) is 11.4 Å². The second-order valence-electron chi connectivity index (χ2n) is 20.1. The van der Waals surface area contributed by atoms with Crippen LogP contribution in [0, 0.1) is 18.9 Å². The number of aromatic amines is 1. The topological polar surface area (TPSA) is 172 Å². The second-order valence-corrected chi connectivity index (χ2v) is 20.9. The molecule has 4 amide bonds. The van der Waals surface area contributed by atoms with E-state index in [1.54, 1.807) is 23.5 Å². The maximum absolute atomic E-state index is 14.1. The third kappa shape index (κ3) is 9.53. The average Bonchev–Trinajstić information content (AvgIpc) is 4.06. The summed E-state index contributed by atoms with van der Waals surface area (Å²) in [5.41, 5.74) is 10.2. The van der Waals surface area contributed by atoms with Gasteiger partial charge >= 0.3 is 0 Å². The lowest BCUT2D eigenvalue weighted by Crippen LogP contribution is -2.57. The Bertz CT molecular complexity index is 2810. The zero-order chi connectivity index (χ0) is 48.7. The zero-order valence-electron chi connectivity index (χ0n) is 40.1. The first-order valence-electron chi connectivity index (χ1n) is 23.7. The molecular weight excluding hydrogens is 877 g/mol. The van der Waals surface area contributed by atoms with Crippen LogP contribution in [0.3, 0.4) is 0 Å². The first kappa shape index (κ1) is 48.1. The van der Waals surface area contributed by atoms with E-state index in [1.165, 1.54) is 4.90 Å². The number of aliphatic hydroxyl groups is 1. The van der Waals surface area contributed by atoms with Crippen molar-refractivity contribution in [3.8, 4) is 10.4 Å². The number of piperazine rings is 1. The number of nitrogens with zero attached hydrogens (tertiary/aromatic N) is 5. The van der Waals surface area contributed by atoms with E-state index >= 15 is 0 Å². The molecule has 2 aliphatic heterocycles. The van der Waals surface area contributed by atoms with E-state index in [-0.39, 0.29) is 49.4 Å². The van der Waals surface area contributed by atoms with Gasteiger partial charge in [0.15, 0.2) is 11.5 Å². The third-order valence-corrected chi connectivity index (χ3v) is 15.0. The van der Waals surface area contributed by atoms with E-state index in [9.17, 15) is 29.1 Å². The maximum Gasteiger partial charge on any atom is 0.246 e. The average molecular weight is 939 g/mol. The van der Waals surface area contributed by atoms with Gasteiger partial charge in [0, 0.05) is 91.8 Å². The van der Waals surface area contributed by atoms with E-state index in [0.717, 1.165) is 61.5 Å². The monoisotopic (exact) mass is 938 g/mol. The predicted molar refractivity (Wildman–Crippen MR) is 265 cm³/mol. The molecule has 4 N–H and O–H groups in total. The molecule has 2 aromatic heterocycles. The third-order valence-electron chi connectivity index (χ3n) is 14.0. The number of hydrogen-bond acceptors (Lipinski definition) is 9. The van der Waals surface area contributed by atoms with Gasteiger partial charge in [-0.3, -0.25) is 24.0 Å². The van der Waals surface area contributed by atoms with Gasteiger partial charge in [0.05, 0.1) is 34.3 Å². The van der Waals surface area contributed by atoms with Crippen LogP contribution in [-0.2, 0) is 37.6 Å². The van der Waals surface area contributed by atoms with E-state index in [2.05, 4.69) is 63.3 Å². The Balaban J connectivity index is 0.819. The molecule has 3 aliphatic rings. The van der Waals surface area contributed by atoms with Gasteiger partial charge in [0.2, 0.25) is 23.6 Å². The first-order valence-corrected chi connectivity index (χ1v) is 24.6. The summed E-state index contributed by atoms with van der Waals surface area (Å²) in [6.45, 7) is 24.0. The molecule has 5 aromatic rings. The van der Waals surface area contributed by atoms with Gasteiger partial charge in [-0.05, 0) is 72.1 Å². The molecule has 0 bridgehead atoms. The molecule has 8 rings (SSSR count). The number of anilines is 1. The summed E-state index contributed by atoms with van der Waals surface area (Å²) in [5.74, 6) is -1.07. The molecule has 1 aliphatic carbocycles. The summed E-state index contributed by atoms with van der Waals surface area (Å²) in [5, 5.41) is 17.3. The molecular formula is C53H62N8O6S. The lowest BCUT2D eigenvalue weighted by molar-refractivity contribution is -0.144. The molecule has 0 saturated carbocycles. The number of likely N-dealkylation sites (tertiary alicyclic amines) is 1. The Hall–Kier alpha value is -6.37. The van der Waals surface area contributed by atoms with Crippen LogP contribution >= 0.6 is 11.3 Å². The zero-order valence-corrected chi connectivity index (χ0v) is 40.9. The van der Waals surface area contributed by atoms with E-state index in [4.69, 9.17) is 6.57 Å². The molecule has 3 aromatic carbocycles. The van der Waals surface area contributed by atoms with Crippen LogP contribution in [0.2, 0.25) is 0 Å². The fourth-order valence-corrected chi connectivity index (χ4v) is 10.9. The van der Waals surface area contributed by atoms with Crippen molar-refractivity contribution in [1.29, 1.82) is 0 Å². The van der Waals surface area contributed by atoms with Crippen molar-refractivity contribution in [3.63, 3.8) is 0 Å². The summed E-state index contributed by atoms with van der Waals surface area (Å²) >= 11 is 1.57. The van der Waals surface area contributed by atoms with Crippen molar-refractivity contribution >= 4 is 63.0 Å². The lowest BCUT2D eigenvalue weighted by Gasteiger charge is -2.39. The number of nitrogens with one attached hydrogen (secondary N) is 3. The molecule has 3 atom stereocenters. The summed E-state index contributed by atoms with van der Waals surface area (Å²) < 4.78 is 0. The molecule has 68 heavy (non-hydrogen) atoms. The molecule has 15 heteroatoms. The smallest absolute Gasteiger partial charge is 0.246 e. The predicted octanol–water partition coefficient (Wildman–Crippen LogP) is 7.60. The van der Waals surface area contributed by atoms with Gasteiger partial charge in [0.1, 0.15) is 12.1 Å². The number of carbonyl (C=O) groups excluding carboxylic acids is 5. The molecule has 2 fully saturated rings. The van der Waals surface area contributed by atoms with Crippen LogP contribution in [0.5, 0.6) is 0 Å². The van der Waals surface area contributed by atoms with Gasteiger partial charge in [0.25, 0.3) is 0 Å². The standard InChI is InChI=1S/C53H62N8O6S/c1-9-33-24-38-39(53(6,7)48-45(46(38)65)37-19-18-35(54-8)25-40(37)57-48)27-41(33)59-20-22-60(23-21-59)44(64)13-11-10-12-43(63)58-49(52(3,4)5)51(67)61-29-36(62)26-42(61)50(66)55-28-32-14-16-34(17-15-32)47-31(2)56-30-68-47/h14-19,24-25,27,30,36,42,49,57,62H,9-13,20-23,26,28-29H2,1-7H3,(H,55,66)(H,58,63)/t36-,42+,49-/m1/s1. The second kappa shape index (κ2) is 19.3. The summed E-state index contributed by atoms with van der Waals surface area (Å²) in [6, 6.07) is 15.7. The number of aromatic nitrogens is 2. The number of aryl methyl sites for hydroxylation is 2. The fourth-order valence-electron chi connectivity index (χ4n) is 10.1. The van der Waals surface area contributed by atoms with Crippen LogP contribution in [-0.4, -0.2) is 105 Å². The molecule has 0 spiro atoms.